The Bertz CT molecular complexity index is 568. The summed E-state index contributed by atoms with van der Waals surface area (Å²) in [5.41, 5.74) is 1.87. The van der Waals surface area contributed by atoms with Gasteiger partial charge in [0, 0.05) is 37.0 Å². The van der Waals surface area contributed by atoms with E-state index in [-0.39, 0.29) is 0 Å². The van der Waals surface area contributed by atoms with Crippen LogP contribution in [0.25, 0.3) is 0 Å². The Morgan fingerprint density at radius 1 is 1.25 bits per heavy atom. The van der Waals surface area contributed by atoms with Crippen LogP contribution in [-0.4, -0.2) is 22.6 Å². The third-order valence-corrected chi connectivity index (χ3v) is 3.79. The molecule has 5 heteroatoms. The van der Waals surface area contributed by atoms with Crippen LogP contribution in [0.3, 0.4) is 0 Å². The Morgan fingerprint density at radius 2 is 2.05 bits per heavy atom. The van der Waals surface area contributed by atoms with Crippen molar-refractivity contribution in [1.82, 2.24) is 14.9 Å². The number of imidazole rings is 1. The van der Waals surface area contributed by atoms with Crippen LogP contribution in [0.4, 0.5) is 8.78 Å². The molecule has 0 radical (unpaired) electrons. The molecule has 3 nitrogen and oxygen atoms in total. The molecule has 1 aromatic carbocycles. The summed E-state index contributed by atoms with van der Waals surface area (Å²) in [7, 11) is 0. The fourth-order valence-corrected chi connectivity index (χ4v) is 2.77. The maximum absolute atomic E-state index is 13.2. The lowest BCUT2D eigenvalue weighted by atomic mass is 10.1. The van der Waals surface area contributed by atoms with Gasteiger partial charge < -0.3 is 9.88 Å². The predicted octanol–water partition coefficient (Wildman–Crippen LogP) is 2.48. The number of hydrogen-bond acceptors (Lipinski definition) is 2. The van der Waals surface area contributed by atoms with Gasteiger partial charge in [0.15, 0.2) is 0 Å². The first-order chi connectivity index (χ1) is 9.72. The molecular formula is C15H17F2N3. The van der Waals surface area contributed by atoms with E-state index in [4.69, 9.17) is 0 Å². The summed E-state index contributed by atoms with van der Waals surface area (Å²) in [6, 6.07) is 3.67. The van der Waals surface area contributed by atoms with E-state index in [1.165, 1.54) is 17.8 Å². The minimum Gasteiger partial charge on any atom is -0.334 e. The van der Waals surface area contributed by atoms with Gasteiger partial charge in [-0.2, -0.15) is 0 Å². The molecule has 1 aliphatic rings. The van der Waals surface area contributed by atoms with Gasteiger partial charge in [0.05, 0.1) is 6.33 Å². The van der Waals surface area contributed by atoms with Crippen molar-refractivity contribution in [1.29, 1.82) is 0 Å². The van der Waals surface area contributed by atoms with Crippen molar-refractivity contribution in [2.24, 2.45) is 0 Å². The minimum absolute atomic E-state index is 0.488. The molecule has 0 amide bonds. The molecule has 3 rings (SSSR count). The normalized spacial score (nSPS) is 18.6. The van der Waals surface area contributed by atoms with Crippen LogP contribution < -0.4 is 5.32 Å². The molecule has 0 aliphatic carbocycles. The van der Waals surface area contributed by atoms with Crippen molar-refractivity contribution in [3.8, 4) is 0 Å². The standard InChI is InChI=1S/C15H17F2N3/c16-13-5-11(6-14(17)7-13)2-4-20-10-19-9-15(20)12-1-3-18-8-12/h5-7,9-10,12,18H,1-4,8H2. The van der Waals surface area contributed by atoms with E-state index >= 15 is 0 Å². The average Bonchev–Trinajstić information content (AvgIpc) is 3.06. The van der Waals surface area contributed by atoms with E-state index in [2.05, 4.69) is 14.9 Å². The summed E-state index contributed by atoms with van der Waals surface area (Å²) in [5, 5.41) is 3.34. The van der Waals surface area contributed by atoms with Gasteiger partial charge in [0.2, 0.25) is 0 Å². The van der Waals surface area contributed by atoms with Gasteiger partial charge in [-0.25, -0.2) is 13.8 Å². The molecular weight excluding hydrogens is 260 g/mol. The third kappa shape index (κ3) is 2.88. The lowest BCUT2D eigenvalue weighted by molar-refractivity contribution is 0.572. The first-order valence-electron chi connectivity index (χ1n) is 6.88. The zero-order valence-electron chi connectivity index (χ0n) is 11.1. The van der Waals surface area contributed by atoms with Crippen LogP contribution in [-0.2, 0) is 13.0 Å². The van der Waals surface area contributed by atoms with Crippen molar-refractivity contribution >= 4 is 0 Å². The number of nitrogens with zero attached hydrogens (tertiary/aromatic N) is 2. The molecule has 1 aliphatic heterocycles. The second kappa shape index (κ2) is 5.71. The van der Waals surface area contributed by atoms with E-state index in [0.717, 1.165) is 25.6 Å². The summed E-state index contributed by atoms with van der Waals surface area (Å²) in [6.45, 7) is 2.69. The van der Waals surface area contributed by atoms with Crippen molar-refractivity contribution in [3.63, 3.8) is 0 Å². The predicted molar refractivity (Wildman–Crippen MR) is 72.5 cm³/mol. The fraction of sp³-hybridized carbons (Fsp3) is 0.400. The van der Waals surface area contributed by atoms with Crippen LogP contribution in [0, 0.1) is 11.6 Å². The largest absolute Gasteiger partial charge is 0.334 e. The van der Waals surface area contributed by atoms with E-state index < -0.39 is 11.6 Å². The molecule has 0 saturated carbocycles. The molecule has 0 bridgehead atoms. The van der Waals surface area contributed by atoms with Crippen LogP contribution in [0.5, 0.6) is 0 Å². The SMILES string of the molecule is Fc1cc(F)cc(CCn2cncc2C2CCNC2)c1. The number of aromatic nitrogens is 2. The smallest absolute Gasteiger partial charge is 0.126 e. The molecule has 1 saturated heterocycles. The summed E-state index contributed by atoms with van der Waals surface area (Å²) in [4.78, 5) is 4.20. The zero-order chi connectivity index (χ0) is 13.9. The Balaban J connectivity index is 1.70. The first-order valence-corrected chi connectivity index (χ1v) is 6.88. The van der Waals surface area contributed by atoms with E-state index in [1.54, 1.807) is 6.33 Å². The van der Waals surface area contributed by atoms with Crippen molar-refractivity contribution in [2.45, 2.75) is 25.3 Å². The van der Waals surface area contributed by atoms with Gasteiger partial charge in [-0.05, 0) is 37.1 Å². The molecule has 1 atom stereocenters. The molecule has 2 aromatic rings. The van der Waals surface area contributed by atoms with Crippen molar-refractivity contribution < 1.29 is 8.78 Å². The van der Waals surface area contributed by atoms with Crippen LogP contribution in [0.1, 0.15) is 23.6 Å². The van der Waals surface area contributed by atoms with Crippen LogP contribution >= 0.6 is 0 Å². The number of aryl methyl sites for hydroxylation is 2. The average molecular weight is 277 g/mol. The first kappa shape index (κ1) is 13.2. The van der Waals surface area contributed by atoms with Gasteiger partial charge in [0.1, 0.15) is 11.6 Å². The van der Waals surface area contributed by atoms with Gasteiger partial charge in [-0.3, -0.25) is 0 Å². The number of rotatable bonds is 4. The highest BCUT2D eigenvalue weighted by molar-refractivity contribution is 5.18. The minimum atomic E-state index is -0.522. The highest BCUT2D eigenvalue weighted by Crippen LogP contribution is 2.22. The molecule has 1 N–H and O–H groups in total. The van der Waals surface area contributed by atoms with Gasteiger partial charge >= 0.3 is 0 Å². The molecule has 106 valence electrons. The molecule has 1 unspecified atom stereocenters. The monoisotopic (exact) mass is 277 g/mol. The lowest BCUT2D eigenvalue weighted by Crippen LogP contribution is -2.12. The number of benzene rings is 1. The Labute approximate surface area is 116 Å². The summed E-state index contributed by atoms with van der Waals surface area (Å²) in [5.74, 6) is -0.557. The van der Waals surface area contributed by atoms with Crippen molar-refractivity contribution in [2.75, 3.05) is 13.1 Å². The molecule has 0 spiro atoms. The highest BCUT2D eigenvalue weighted by atomic mass is 19.1. The van der Waals surface area contributed by atoms with Gasteiger partial charge in [0.25, 0.3) is 0 Å². The zero-order valence-corrected chi connectivity index (χ0v) is 11.1. The molecule has 2 heterocycles. The maximum atomic E-state index is 13.2. The maximum Gasteiger partial charge on any atom is 0.126 e. The Kier molecular flexibility index (Phi) is 3.78. The van der Waals surface area contributed by atoms with Crippen LogP contribution in [0.15, 0.2) is 30.7 Å². The summed E-state index contributed by atoms with van der Waals surface area (Å²) in [6.07, 6.45) is 5.39. The van der Waals surface area contributed by atoms with E-state index in [0.29, 0.717) is 24.4 Å². The lowest BCUT2D eigenvalue weighted by Gasteiger charge is -2.12. The second-order valence-electron chi connectivity index (χ2n) is 5.23. The Hall–Kier alpha value is -1.75. The number of hydrogen-bond donors (Lipinski definition) is 1. The topological polar surface area (TPSA) is 29.9 Å². The molecule has 1 aromatic heterocycles. The van der Waals surface area contributed by atoms with Crippen molar-refractivity contribution in [3.05, 3.63) is 53.6 Å². The van der Waals surface area contributed by atoms with Gasteiger partial charge in [-0.15, -0.1) is 0 Å². The summed E-state index contributed by atoms with van der Waals surface area (Å²) >= 11 is 0. The number of halogens is 2. The van der Waals surface area contributed by atoms with E-state index in [9.17, 15) is 8.78 Å². The summed E-state index contributed by atoms with van der Waals surface area (Å²) < 4.78 is 28.4. The molecule has 1 fully saturated rings. The Morgan fingerprint density at radius 3 is 2.75 bits per heavy atom. The quantitative estimate of drug-likeness (QED) is 0.930. The second-order valence-corrected chi connectivity index (χ2v) is 5.23. The highest BCUT2D eigenvalue weighted by Gasteiger charge is 2.19. The molecule has 20 heavy (non-hydrogen) atoms. The fourth-order valence-electron chi connectivity index (χ4n) is 2.77. The van der Waals surface area contributed by atoms with Gasteiger partial charge in [-0.1, -0.05) is 0 Å². The third-order valence-electron chi connectivity index (χ3n) is 3.79. The van der Waals surface area contributed by atoms with Crippen LogP contribution in [0.2, 0.25) is 0 Å². The number of nitrogens with one attached hydrogen (secondary N) is 1. The van der Waals surface area contributed by atoms with E-state index in [1.807, 2.05) is 6.20 Å².